The summed E-state index contributed by atoms with van der Waals surface area (Å²) in [7, 11) is 0. The van der Waals surface area contributed by atoms with Gasteiger partial charge in [0.15, 0.2) is 5.17 Å². The van der Waals surface area contributed by atoms with Crippen molar-refractivity contribution in [3.05, 3.63) is 0 Å². The molecule has 0 aromatic carbocycles. The average molecular weight is 410 g/mol. The van der Waals surface area contributed by atoms with Gasteiger partial charge < -0.3 is 5.73 Å². The van der Waals surface area contributed by atoms with Crippen LogP contribution >= 0.6 is 28.7 Å². The molecule has 0 amide bonds. The van der Waals surface area contributed by atoms with E-state index in [1.807, 2.05) is 0 Å². The minimum absolute atomic E-state index is 0. The van der Waals surface area contributed by atoms with E-state index in [-0.39, 0.29) is 22.1 Å². The Morgan fingerprint density at radius 1 is 0.652 bits per heavy atom. The van der Waals surface area contributed by atoms with Crippen molar-refractivity contribution in [3.63, 3.8) is 0 Å². The molecule has 0 aliphatic heterocycles. The highest BCUT2D eigenvalue weighted by molar-refractivity contribution is 8.93. The summed E-state index contributed by atoms with van der Waals surface area (Å²) in [6.45, 7) is 2.29. The van der Waals surface area contributed by atoms with Crippen molar-refractivity contribution in [2.24, 2.45) is 5.73 Å². The summed E-state index contributed by atoms with van der Waals surface area (Å²) >= 11 is 1.48. The lowest BCUT2D eigenvalue weighted by molar-refractivity contribution is 0.532. The molecular formula is C19H41BrN2S. The molecule has 0 saturated carbocycles. The molecule has 0 heterocycles. The van der Waals surface area contributed by atoms with Crippen molar-refractivity contribution in [2.45, 2.75) is 110 Å². The summed E-state index contributed by atoms with van der Waals surface area (Å²) in [6, 6.07) is 0. The molecule has 2 nitrogen and oxygen atoms in total. The Morgan fingerprint density at radius 2 is 0.957 bits per heavy atom. The van der Waals surface area contributed by atoms with E-state index in [4.69, 9.17) is 11.1 Å². The van der Waals surface area contributed by atoms with Gasteiger partial charge in [0.05, 0.1) is 0 Å². The largest absolute Gasteiger partial charge is 0.379 e. The third-order valence-electron chi connectivity index (χ3n) is 4.26. The van der Waals surface area contributed by atoms with Crippen molar-refractivity contribution in [2.75, 3.05) is 5.75 Å². The van der Waals surface area contributed by atoms with Crippen LogP contribution in [0, 0.1) is 5.41 Å². The molecule has 140 valence electrons. The van der Waals surface area contributed by atoms with Gasteiger partial charge in [0, 0.05) is 5.75 Å². The lowest BCUT2D eigenvalue weighted by Gasteiger charge is -2.03. The topological polar surface area (TPSA) is 49.9 Å². The Kier molecular flexibility index (Phi) is 24.8. The number of nitrogens with two attached hydrogens (primary N) is 1. The molecular weight excluding hydrogens is 368 g/mol. The third-order valence-corrected chi connectivity index (χ3v) is 5.06. The SMILES string of the molecule is Br.CCCCCCCCCCCCCCCCCCSC(=N)N. The summed E-state index contributed by atoms with van der Waals surface area (Å²) < 4.78 is 0. The fraction of sp³-hybridized carbons (Fsp3) is 0.947. The van der Waals surface area contributed by atoms with Gasteiger partial charge >= 0.3 is 0 Å². The second-order valence-electron chi connectivity index (χ2n) is 6.52. The molecule has 0 aliphatic rings. The van der Waals surface area contributed by atoms with E-state index in [2.05, 4.69) is 6.92 Å². The van der Waals surface area contributed by atoms with Gasteiger partial charge in [-0.15, -0.1) is 17.0 Å². The zero-order chi connectivity index (χ0) is 16.3. The minimum Gasteiger partial charge on any atom is -0.379 e. The van der Waals surface area contributed by atoms with Crippen LogP contribution in [0.15, 0.2) is 0 Å². The average Bonchev–Trinajstić information content (AvgIpc) is 2.50. The number of thioether (sulfide) groups is 1. The van der Waals surface area contributed by atoms with Crippen LogP contribution in [0.2, 0.25) is 0 Å². The van der Waals surface area contributed by atoms with Crippen LogP contribution in [0.5, 0.6) is 0 Å². The number of nitrogens with one attached hydrogen (secondary N) is 1. The number of rotatable bonds is 17. The maximum atomic E-state index is 7.13. The number of amidine groups is 1. The van der Waals surface area contributed by atoms with Crippen molar-refractivity contribution < 1.29 is 0 Å². The lowest BCUT2D eigenvalue weighted by Crippen LogP contribution is -2.04. The van der Waals surface area contributed by atoms with Crippen LogP contribution < -0.4 is 5.73 Å². The van der Waals surface area contributed by atoms with E-state index in [0.717, 1.165) is 5.75 Å². The molecule has 0 rings (SSSR count). The molecule has 0 saturated heterocycles. The molecule has 0 aromatic heterocycles. The van der Waals surface area contributed by atoms with Crippen LogP contribution in [-0.4, -0.2) is 10.9 Å². The molecule has 0 aliphatic carbocycles. The van der Waals surface area contributed by atoms with Crippen molar-refractivity contribution in [3.8, 4) is 0 Å². The van der Waals surface area contributed by atoms with Gasteiger partial charge in [0.25, 0.3) is 0 Å². The molecule has 0 spiro atoms. The lowest BCUT2D eigenvalue weighted by atomic mass is 10.0. The number of hydrogen-bond donors (Lipinski definition) is 2. The number of hydrogen-bond acceptors (Lipinski definition) is 2. The van der Waals surface area contributed by atoms with E-state index >= 15 is 0 Å². The molecule has 23 heavy (non-hydrogen) atoms. The molecule has 3 N–H and O–H groups in total. The van der Waals surface area contributed by atoms with Crippen LogP contribution in [0.4, 0.5) is 0 Å². The summed E-state index contributed by atoms with van der Waals surface area (Å²) in [6.07, 6.45) is 22.5. The molecule has 0 fully saturated rings. The minimum atomic E-state index is 0. The maximum Gasteiger partial charge on any atom is 0.151 e. The Morgan fingerprint density at radius 3 is 1.26 bits per heavy atom. The van der Waals surface area contributed by atoms with E-state index < -0.39 is 0 Å². The number of halogens is 1. The van der Waals surface area contributed by atoms with Crippen LogP contribution in [-0.2, 0) is 0 Å². The first-order chi connectivity index (χ1) is 10.8. The van der Waals surface area contributed by atoms with Gasteiger partial charge in [-0.05, 0) is 6.42 Å². The van der Waals surface area contributed by atoms with Gasteiger partial charge in [-0.2, -0.15) is 0 Å². The van der Waals surface area contributed by atoms with Crippen LogP contribution in [0.3, 0.4) is 0 Å². The van der Waals surface area contributed by atoms with E-state index in [0.29, 0.717) is 0 Å². The molecule has 0 atom stereocenters. The fourth-order valence-corrected chi connectivity index (χ4v) is 3.40. The molecule has 0 unspecified atom stereocenters. The van der Waals surface area contributed by atoms with E-state index in [1.165, 1.54) is 114 Å². The Hall–Kier alpha value is 0.300. The van der Waals surface area contributed by atoms with Crippen molar-refractivity contribution >= 4 is 33.9 Å². The van der Waals surface area contributed by atoms with Gasteiger partial charge in [-0.1, -0.05) is 115 Å². The highest BCUT2D eigenvalue weighted by atomic mass is 79.9. The summed E-state index contributed by atoms with van der Waals surface area (Å²) in [5.41, 5.74) is 5.31. The van der Waals surface area contributed by atoms with Crippen molar-refractivity contribution in [1.82, 2.24) is 0 Å². The highest BCUT2D eigenvalue weighted by Crippen LogP contribution is 2.14. The molecule has 0 bridgehead atoms. The predicted molar refractivity (Wildman–Crippen MR) is 114 cm³/mol. The first-order valence-electron chi connectivity index (χ1n) is 9.74. The van der Waals surface area contributed by atoms with Crippen LogP contribution in [0.25, 0.3) is 0 Å². The monoisotopic (exact) mass is 408 g/mol. The summed E-state index contributed by atoms with van der Waals surface area (Å²) in [5.74, 6) is 1.02. The van der Waals surface area contributed by atoms with E-state index in [1.54, 1.807) is 0 Å². The molecule has 0 aromatic rings. The van der Waals surface area contributed by atoms with Crippen LogP contribution in [0.1, 0.15) is 110 Å². The zero-order valence-electron chi connectivity index (χ0n) is 15.4. The van der Waals surface area contributed by atoms with Gasteiger partial charge in [-0.25, -0.2) is 0 Å². The zero-order valence-corrected chi connectivity index (χ0v) is 17.9. The van der Waals surface area contributed by atoms with Gasteiger partial charge in [0.2, 0.25) is 0 Å². The second-order valence-corrected chi connectivity index (χ2v) is 7.65. The van der Waals surface area contributed by atoms with E-state index in [9.17, 15) is 0 Å². The Labute approximate surface area is 160 Å². The summed E-state index contributed by atoms with van der Waals surface area (Å²) in [5, 5.41) is 7.39. The molecule has 0 radical (unpaired) electrons. The third kappa shape index (κ3) is 24.7. The smallest absolute Gasteiger partial charge is 0.151 e. The first-order valence-corrected chi connectivity index (χ1v) is 10.7. The second kappa shape index (κ2) is 22.3. The normalized spacial score (nSPS) is 10.5. The number of unbranched alkanes of at least 4 members (excludes halogenated alkanes) is 15. The fourth-order valence-electron chi connectivity index (χ4n) is 2.83. The predicted octanol–water partition coefficient (Wildman–Crippen LogP) is 7.45. The first kappa shape index (κ1) is 25.5. The van der Waals surface area contributed by atoms with Crippen molar-refractivity contribution in [1.29, 1.82) is 5.41 Å². The Bertz CT molecular complexity index is 237. The Balaban J connectivity index is 0. The quantitative estimate of drug-likeness (QED) is 0.149. The summed E-state index contributed by atoms with van der Waals surface area (Å²) in [4.78, 5) is 0. The highest BCUT2D eigenvalue weighted by Gasteiger charge is 1.95. The maximum absolute atomic E-state index is 7.13. The van der Waals surface area contributed by atoms with Gasteiger partial charge in [-0.3, -0.25) is 5.41 Å². The molecule has 4 heteroatoms. The van der Waals surface area contributed by atoms with Gasteiger partial charge in [0.1, 0.15) is 0 Å². The standard InChI is InChI=1S/C19H40N2S.BrH/c1-2-3-4-5-6-7-8-9-10-11-12-13-14-15-16-17-18-22-19(20)21;/h2-18H2,1H3,(H3,20,21);1H.